The summed E-state index contributed by atoms with van der Waals surface area (Å²) in [6.45, 7) is 10.3. The van der Waals surface area contributed by atoms with Crippen molar-refractivity contribution in [1.29, 1.82) is 0 Å². The summed E-state index contributed by atoms with van der Waals surface area (Å²) in [5.74, 6) is 1.75. The van der Waals surface area contributed by atoms with E-state index in [1.54, 1.807) is 6.33 Å². The summed E-state index contributed by atoms with van der Waals surface area (Å²) < 4.78 is 5.36. The first-order chi connectivity index (χ1) is 18.0. The van der Waals surface area contributed by atoms with Crippen LogP contribution in [0.2, 0.25) is 0 Å². The number of pyridine rings is 1. The van der Waals surface area contributed by atoms with E-state index in [0.717, 1.165) is 54.9 Å². The zero-order valence-corrected chi connectivity index (χ0v) is 21.8. The monoisotopic (exact) mass is 498 g/mol. The van der Waals surface area contributed by atoms with Crippen molar-refractivity contribution in [3.63, 3.8) is 0 Å². The van der Waals surface area contributed by atoms with Crippen LogP contribution in [-0.4, -0.2) is 51.3 Å². The van der Waals surface area contributed by atoms with E-state index in [1.807, 2.05) is 13.1 Å². The van der Waals surface area contributed by atoms with Crippen molar-refractivity contribution in [2.24, 2.45) is 5.41 Å². The Labute approximate surface area is 217 Å². The quantitative estimate of drug-likeness (QED) is 0.258. The maximum absolute atomic E-state index is 5.36. The standard InChI is InChI=1S/C28H34N8O/c1-4-37-17-33-27-34-24-12-19(14-30-25(24)35-27)18-5-6-22-20(11-18)15-36(10-9-29-22)26-21-13-28(2,3)8-7-23(21)31-16-32-26/h5-6,11-12,14,16,29H,4,7-10,13,15,17H2,1-3H3,(H2,30,33,34,35). The third-order valence-electron chi connectivity index (χ3n) is 7.39. The lowest BCUT2D eigenvalue weighted by Crippen LogP contribution is -2.31. The van der Waals surface area contributed by atoms with Gasteiger partial charge in [-0.3, -0.25) is 0 Å². The topological polar surface area (TPSA) is 104 Å². The molecule has 0 fully saturated rings. The summed E-state index contributed by atoms with van der Waals surface area (Å²) in [4.78, 5) is 24.2. The van der Waals surface area contributed by atoms with Crippen LogP contribution in [0, 0.1) is 5.41 Å². The predicted octanol–water partition coefficient (Wildman–Crippen LogP) is 4.77. The molecule has 0 unspecified atom stereocenters. The first-order valence-corrected chi connectivity index (χ1v) is 13.1. The Hall–Kier alpha value is -3.72. The highest BCUT2D eigenvalue weighted by atomic mass is 16.5. The van der Waals surface area contributed by atoms with E-state index in [2.05, 4.69) is 73.6 Å². The van der Waals surface area contributed by atoms with Crippen molar-refractivity contribution in [2.75, 3.05) is 42.0 Å². The molecule has 3 aromatic heterocycles. The number of hydrogen-bond acceptors (Lipinski definition) is 8. The van der Waals surface area contributed by atoms with Crippen LogP contribution in [0.3, 0.4) is 0 Å². The molecule has 0 atom stereocenters. The van der Waals surface area contributed by atoms with Gasteiger partial charge < -0.3 is 25.3 Å². The average Bonchev–Trinajstić information content (AvgIpc) is 3.18. The Morgan fingerprint density at radius 2 is 2.05 bits per heavy atom. The number of aromatic amines is 1. The van der Waals surface area contributed by atoms with Gasteiger partial charge in [-0.1, -0.05) is 19.9 Å². The normalized spacial score (nSPS) is 16.6. The highest BCUT2D eigenvalue weighted by molar-refractivity contribution is 5.80. The summed E-state index contributed by atoms with van der Waals surface area (Å²) in [5, 5.41) is 6.76. The van der Waals surface area contributed by atoms with Crippen molar-refractivity contribution in [2.45, 2.75) is 46.6 Å². The van der Waals surface area contributed by atoms with Gasteiger partial charge in [0.15, 0.2) is 5.65 Å². The minimum Gasteiger partial charge on any atom is -0.383 e. The number of nitrogens with zero attached hydrogens (tertiary/aromatic N) is 5. The molecule has 192 valence electrons. The molecule has 37 heavy (non-hydrogen) atoms. The number of rotatable bonds is 6. The number of ether oxygens (including phenoxy) is 1. The molecule has 1 aliphatic carbocycles. The number of anilines is 3. The fourth-order valence-corrected chi connectivity index (χ4v) is 5.36. The second-order valence-corrected chi connectivity index (χ2v) is 10.7. The number of aromatic nitrogens is 5. The number of hydrogen-bond donors (Lipinski definition) is 3. The Morgan fingerprint density at radius 3 is 2.95 bits per heavy atom. The molecular formula is C28H34N8O. The van der Waals surface area contributed by atoms with Gasteiger partial charge in [-0.05, 0) is 60.9 Å². The SMILES string of the molecule is CCOCNc1nc2ncc(-c3ccc4c(c3)CN(c3ncnc5c3CC(C)(C)CC5)CCN4)cc2[nH]1. The number of H-pyrrole nitrogens is 1. The predicted molar refractivity (Wildman–Crippen MR) is 147 cm³/mol. The van der Waals surface area contributed by atoms with Crippen LogP contribution in [0.1, 0.15) is 44.0 Å². The molecule has 9 nitrogen and oxygen atoms in total. The molecule has 0 spiro atoms. The molecule has 0 saturated carbocycles. The molecular weight excluding hydrogens is 464 g/mol. The second kappa shape index (κ2) is 9.63. The summed E-state index contributed by atoms with van der Waals surface area (Å²) in [5.41, 5.74) is 8.98. The van der Waals surface area contributed by atoms with Crippen molar-refractivity contribution >= 4 is 28.6 Å². The van der Waals surface area contributed by atoms with E-state index < -0.39 is 0 Å². The van der Waals surface area contributed by atoms with Gasteiger partial charge in [0.1, 0.15) is 18.9 Å². The lowest BCUT2D eigenvalue weighted by Gasteiger charge is -2.34. The molecule has 2 aliphatic rings. The van der Waals surface area contributed by atoms with Gasteiger partial charge in [0, 0.05) is 54.9 Å². The third kappa shape index (κ3) is 4.83. The van der Waals surface area contributed by atoms with Gasteiger partial charge >= 0.3 is 0 Å². The molecule has 4 aromatic rings. The maximum atomic E-state index is 5.36. The van der Waals surface area contributed by atoms with E-state index in [0.29, 0.717) is 24.9 Å². The number of imidazole rings is 1. The highest BCUT2D eigenvalue weighted by Gasteiger charge is 2.30. The van der Waals surface area contributed by atoms with Crippen LogP contribution in [0.4, 0.5) is 17.5 Å². The molecule has 0 radical (unpaired) electrons. The number of benzene rings is 1. The lowest BCUT2D eigenvalue weighted by molar-refractivity contribution is 0.166. The van der Waals surface area contributed by atoms with Crippen LogP contribution in [0.25, 0.3) is 22.3 Å². The molecule has 0 amide bonds. The van der Waals surface area contributed by atoms with Crippen molar-refractivity contribution in [3.8, 4) is 11.1 Å². The van der Waals surface area contributed by atoms with E-state index in [4.69, 9.17) is 9.72 Å². The first-order valence-electron chi connectivity index (χ1n) is 13.1. The Balaban J connectivity index is 1.29. The Kier molecular flexibility index (Phi) is 6.16. The van der Waals surface area contributed by atoms with Crippen LogP contribution < -0.4 is 15.5 Å². The first kappa shape index (κ1) is 23.7. The molecule has 4 heterocycles. The van der Waals surface area contributed by atoms with Gasteiger partial charge in [-0.25, -0.2) is 15.0 Å². The fourth-order valence-electron chi connectivity index (χ4n) is 5.36. The summed E-state index contributed by atoms with van der Waals surface area (Å²) in [7, 11) is 0. The minimum atomic E-state index is 0.276. The highest BCUT2D eigenvalue weighted by Crippen LogP contribution is 2.38. The van der Waals surface area contributed by atoms with Crippen molar-refractivity contribution in [1.82, 2.24) is 24.9 Å². The van der Waals surface area contributed by atoms with E-state index in [1.165, 1.54) is 28.9 Å². The van der Waals surface area contributed by atoms with E-state index in [9.17, 15) is 0 Å². The third-order valence-corrected chi connectivity index (χ3v) is 7.39. The molecule has 6 rings (SSSR count). The number of nitrogens with one attached hydrogen (secondary N) is 3. The summed E-state index contributed by atoms with van der Waals surface area (Å²) >= 11 is 0. The van der Waals surface area contributed by atoms with E-state index in [-0.39, 0.29) is 5.41 Å². The molecule has 3 N–H and O–H groups in total. The lowest BCUT2D eigenvalue weighted by atomic mass is 9.76. The van der Waals surface area contributed by atoms with Gasteiger partial charge in [-0.2, -0.15) is 4.98 Å². The van der Waals surface area contributed by atoms with Gasteiger partial charge in [0.2, 0.25) is 5.95 Å². The van der Waals surface area contributed by atoms with Crippen molar-refractivity contribution < 1.29 is 4.74 Å². The molecule has 1 aromatic carbocycles. The van der Waals surface area contributed by atoms with Crippen LogP contribution in [0.15, 0.2) is 36.8 Å². The van der Waals surface area contributed by atoms with Crippen LogP contribution in [0.5, 0.6) is 0 Å². The van der Waals surface area contributed by atoms with Crippen molar-refractivity contribution in [3.05, 3.63) is 53.6 Å². The zero-order valence-electron chi connectivity index (χ0n) is 21.8. The zero-order chi connectivity index (χ0) is 25.4. The number of aryl methyl sites for hydroxylation is 1. The van der Waals surface area contributed by atoms with E-state index >= 15 is 0 Å². The fraction of sp³-hybridized carbons (Fsp3) is 0.429. The molecule has 9 heteroatoms. The largest absolute Gasteiger partial charge is 0.383 e. The van der Waals surface area contributed by atoms with Gasteiger partial charge in [-0.15, -0.1) is 0 Å². The number of fused-ring (bicyclic) bond motifs is 3. The smallest absolute Gasteiger partial charge is 0.204 e. The molecule has 1 aliphatic heterocycles. The minimum absolute atomic E-state index is 0.276. The summed E-state index contributed by atoms with van der Waals surface area (Å²) in [6.07, 6.45) is 6.85. The van der Waals surface area contributed by atoms with Crippen LogP contribution >= 0.6 is 0 Å². The average molecular weight is 499 g/mol. The van der Waals surface area contributed by atoms with Crippen LogP contribution in [-0.2, 0) is 24.1 Å². The molecule has 0 bridgehead atoms. The Bertz CT molecular complexity index is 1430. The Morgan fingerprint density at radius 1 is 1.14 bits per heavy atom. The maximum Gasteiger partial charge on any atom is 0.204 e. The van der Waals surface area contributed by atoms with Gasteiger partial charge in [0.05, 0.1) is 5.52 Å². The second-order valence-electron chi connectivity index (χ2n) is 10.7. The molecule has 0 saturated heterocycles. The van der Waals surface area contributed by atoms with Gasteiger partial charge in [0.25, 0.3) is 0 Å². The summed E-state index contributed by atoms with van der Waals surface area (Å²) in [6, 6.07) is 8.71.